The van der Waals surface area contributed by atoms with Gasteiger partial charge >= 0.3 is 0 Å². The van der Waals surface area contributed by atoms with Crippen LogP contribution in [0.25, 0.3) is 0 Å². The largest absolute Gasteiger partial charge is 0.349 e. The van der Waals surface area contributed by atoms with Gasteiger partial charge in [0.2, 0.25) is 11.8 Å². The second-order valence-electron chi connectivity index (χ2n) is 7.72. The molecule has 1 unspecified atom stereocenters. The normalized spacial score (nSPS) is 12.6. The van der Waals surface area contributed by atoms with Crippen molar-refractivity contribution in [3.8, 4) is 0 Å². The number of hydrogen-bond donors (Lipinski definition) is 1. The highest BCUT2D eigenvalue weighted by molar-refractivity contribution is 9.10. The number of nitrogens with zero attached hydrogens (tertiary/aromatic N) is 1. The quantitative estimate of drug-likeness (QED) is 0.546. The SMILES string of the molecule is C/C=C/C(=O)N(Cc1ccccc1Cl)C(C(=O)NC(C)(C)C)c1ccccc1Br. The maximum absolute atomic E-state index is 13.4. The van der Waals surface area contributed by atoms with E-state index in [2.05, 4.69) is 21.2 Å². The molecule has 2 aromatic carbocycles. The van der Waals surface area contributed by atoms with Gasteiger partial charge in [-0.25, -0.2) is 0 Å². The summed E-state index contributed by atoms with van der Waals surface area (Å²) < 4.78 is 0.756. The van der Waals surface area contributed by atoms with Crippen molar-refractivity contribution >= 4 is 39.3 Å². The van der Waals surface area contributed by atoms with Crippen LogP contribution in [-0.2, 0) is 16.1 Å². The van der Waals surface area contributed by atoms with Gasteiger partial charge in [-0.15, -0.1) is 0 Å². The monoisotopic (exact) mass is 476 g/mol. The summed E-state index contributed by atoms with van der Waals surface area (Å²) in [6.07, 6.45) is 3.13. The third-order valence-corrected chi connectivity index (χ3v) is 5.24. The zero-order valence-corrected chi connectivity index (χ0v) is 19.4. The molecule has 4 nitrogen and oxygen atoms in total. The number of carbonyl (C=O) groups is 2. The van der Waals surface area contributed by atoms with Crippen LogP contribution in [-0.4, -0.2) is 22.3 Å². The molecule has 1 N–H and O–H groups in total. The molecule has 2 rings (SSSR count). The predicted octanol–water partition coefficient (Wildman–Crippen LogP) is 5.66. The first-order valence-electron chi connectivity index (χ1n) is 9.37. The second kappa shape index (κ2) is 10.1. The van der Waals surface area contributed by atoms with Gasteiger partial charge in [0.05, 0.1) is 0 Å². The number of carbonyl (C=O) groups excluding carboxylic acids is 2. The van der Waals surface area contributed by atoms with Crippen molar-refractivity contribution in [3.63, 3.8) is 0 Å². The molecule has 0 aliphatic rings. The van der Waals surface area contributed by atoms with Gasteiger partial charge < -0.3 is 10.2 Å². The number of amides is 2. The summed E-state index contributed by atoms with van der Waals surface area (Å²) in [7, 11) is 0. The van der Waals surface area contributed by atoms with E-state index in [0.29, 0.717) is 10.6 Å². The lowest BCUT2D eigenvalue weighted by Crippen LogP contribution is -2.49. The minimum Gasteiger partial charge on any atom is -0.349 e. The molecule has 154 valence electrons. The fourth-order valence-corrected chi connectivity index (χ4v) is 3.63. The van der Waals surface area contributed by atoms with Crippen molar-refractivity contribution in [1.82, 2.24) is 10.2 Å². The van der Waals surface area contributed by atoms with Crippen molar-refractivity contribution in [2.75, 3.05) is 0 Å². The summed E-state index contributed by atoms with van der Waals surface area (Å²) >= 11 is 9.89. The molecular formula is C23H26BrClN2O2. The minimum absolute atomic E-state index is 0.201. The van der Waals surface area contributed by atoms with E-state index in [1.54, 1.807) is 24.0 Å². The van der Waals surface area contributed by atoms with Gasteiger partial charge in [0.25, 0.3) is 0 Å². The lowest BCUT2D eigenvalue weighted by atomic mass is 10.0. The van der Waals surface area contributed by atoms with E-state index in [-0.39, 0.29) is 18.4 Å². The average molecular weight is 478 g/mol. The van der Waals surface area contributed by atoms with Crippen LogP contribution in [0.1, 0.15) is 44.9 Å². The molecule has 0 saturated carbocycles. The van der Waals surface area contributed by atoms with E-state index in [4.69, 9.17) is 11.6 Å². The summed E-state index contributed by atoms with van der Waals surface area (Å²) in [6, 6.07) is 13.9. The molecule has 0 aliphatic heterocycles. The Kier molecular flexibility index (Phi) is 8.05. The first-order valence-corrected chi connectivity index (χ1v) is 10.5. The summed E-state index contributed by atoms with van der Waals surface area (Å²) in [5.41, 5.74) is 1.03. The number of allylic oxidation sites excluding steroid dienone is 1. The fourth-order valence-electron chi connectivity index (χ4n) is 2.93. The Morgan fingerprint density at radius 1 is 1.14 bits per heavy atom. The Hall–Kier alpha value is -2.11. The number of nitrogens with one attached hydrogen (secondary N) is 1. The van der Waals surface area contributed by atoms with E-state index in [9.17, 15) is 9.59 Å². The van der Waals surface area contributed by atoms with E-state index >= 15 is 0 Å². The molecule has 0 bridgehead atoms. The highest BCUT2D eigenvalue weighted by Gasteiger charge is 2.33. The van der Waals surface area contributed by atoms with Crippen molar-refractivity contribution in [1.29, 1.82) is 0 Å². The molecule has 0 fully saturated rings. The van der Waals surface area contributed by atoms with Crippen LogP contribution < -0.4 is 5.32 Å². The Labute approximate surface area is 186 Å². The van der Waals surface area contributed by atoms with E-state index in [0.717, 1.165) is 10.0 Å². The molecule has 6 heteroatoms. The molecule has 0 aliphatic carbocycles. The van der Waals surface area contributed by atoms with Crippen LogP contribution in [0, 0.1) is 0 Å². The van der Waals surface area contributed by atoms with Crippen LogP contribution in [0.3, 0.4) is 0 Å². The number of rotatable bonds is 6. The van der Waals surface area contributed by atoms with Crippen molar-refractivity contribution in [2.24, 2.45) is 0 Å². The van der Waals surface area contributed by atoms with Gasteiger partial charge in [-0.3, -0.25) is 9.59 Å². The molecule has 2 aromatic rings. The van der Waals surface area contributed by atoms with Gasteiger partial charge in [0.15, 0.2) is 0 Å². The van der Waals surface area contributed by atoms with E-state index in [1.807, 2.05) is 63.2 Å². The third kappa shape index (κ3) is 6.44. The molecule has 1 atom stereocenters. The lowest BCUT2D eigenvalue weighted by molar-refractivity contribution is -0.139. The molecule has 0 aromatic heterocycles. The molecule has 0 spiro atoms. The van der Waals surface area contributed by atoms with Gasteiger partial charge in [0, 0.05) is 21.6 Å². The number of benzene rings is 2. The maximum atomic E-state index is 13.4. The summed E-state index contributed by atoms with van der Waals surface area (Å²) in [5.74, 6) is -0.522. The first kappa shape index (κ1) is 23.2. The molecule has 0 radical (unpaired) electrons. The summed E-state index contributed by atoms with van der Waals surface area (Å²) in [5, 5.41) is 3.56. The summed E-state index contributed by atoms with van der Waals surface area (Å²) in [6.45, 7) is 7.71. The van der Waals surface area contributed by atoms with Gasteiger partial charge in [-0.1, -0.05) is 70.0 Å². The number of halogens is 2. The zero-order chi connectivity index (χ0) is 21.6. The van der Waals surface area contributed by atoms with Crippen LogP contribution in [0.2, 0.25) is 5.02 Å². The standard InChI is InChI=1S/C23H26BrClN2O2/c1-5-10-20(28)27(15-16-11-6-9-14-19(16)25)21(22(29)26-23(2,3)4)17-12-7-8-13-18(17)24/h5-14,21H,15H2,1-4H3,(H,26,29)/b10-5+. The lowest BCUT2D eigenvalue weighted by Gasteiger charge is -2.34. The smallest absolute Gasteiger partial charge is 0.247 e. The van der Waals surface area contributed by atoms with E-state index < -0.39 is 11.6 Å². The molecular weight excluding hydrogens is 452 g/mol. The number of hydrogen-bond acceptors (Lipinski definition) is 2. The predicted molar refractivity (Wildman–Crippen MR) is 122 cm³/mol. The molecule has 29 heavy (non-hydrogen) atoms. The van der Waals surface area contributed by atoms with Crippen molar-refractivity contribution in [3.05, 3.63) is 81.3 Å². The topological polar surface area (TPSA) is 49.4 Å². The van der Waals surface area contributed by atoms with Crippen molar-refractivity contribution in [2.45, 2.75) is 45.8 Å². The zero-order valence-electron chi connectivity index (χ0n) is 17.1. The molecule has 2 amide bonds. The van der Waals surface area contributed by atoms with Crippen LogP contribution in [0.4, 0.5) is 0 Å². The van der Waals surface area contributed by atoms with Crippen LogP contribution >= 0.6 is 27.5 Å². The first-order chi connectivity index (χ1) is 13.6. The second-order valence-corrected chi connectivity index (χ2v) is 8.98. The highest BCUT2D eigenvalue weighted by atomic mass is 79.9. The Balaban J connectivity index is 2.59. The Morgan fingerprint density at radius 2 is 1.76 bits per heavy atom. The Bertz CT molecular complexity index is 906. The highest BCUT2D eigenvalue weighted by Crippen LogP contribution is 2.31. The maximum Gasteiger partial charge on any atom is 0.247 e. The molecule has 0 saturated heterocycles. The third-order valence-electron chi connectivity index (χ3n) is 4.15. The van der Waals surface area contributed by atoms with Gasteiger partial charge in [0.1, 0.15) is 6.04 Å². The average Bonchev–Trinajstić information content (AvgIpc) is 2.63. The van der Waals surface area contributed by atoms with Gasteiger partial charge in [-0.2, -0.15) is 0 Å². The van der Waals surface area contributed by atoms with E-state index in [1.165, 1.54) is 6.08 Å². The van der Waals surface area contributed by atoms with Crippen LogP contribution in [0.5, 0.6) is 0 Å². The minimum atomic E-state index is -0.829. The Morgan fingerprint density at radius 3 is 2.34 bits per heavy atom. The van der Waals surface area contributed by atoms with Crippen molar-refractivity contribution < 1.29 is 9.59 Å². The summed E-state index contributed by atoms with van der Waals surface area (Å²) in [4.78, 5) is 28.0. The van der Waals surface area contributed by atoms with Crippen LogP contribution in [0.15, 0.2) is 65.2 Å². The molecule has 0 heterocycles. The fraction of sp³-hybridized carbons (Fsp3) is 0.304. The van der Waals surface area contributed by atoms with Gasteiger partial charge in [-0.05, 0) is 57.0 Å².